The van der Waals surface area contributed by atoms with Crippen molar-refractivity contribution in [1.29, 1.82) is 0 Å². The highest BCUT2D eigenvalue weighted by molar-refractivity contribution is 9.10. The van der Waals surface area contributed by atoms with Gasteiger partial charge in [0, 0.05) is 4.47 Å². The van der Waals surface area contributed by atoms with Crippen LogP contribution in [0.15, 0.2) is 46.9 Å². The Morgan fingerprint density at radius 2 is 1.96 bits per heavy atom. The number of halogens is 1. The molecule has 1 aromatic heterocycles. The summed E-state index contributed by atoms with van der Waals surface area (Å²) in [6.07, 6.45) is 0.113. The summed E-state index contributed by atoms with van der Waals surface area (Å²) < 4.78 is 12.0. The van der Waals surface area contributed by atoms with E-state index in [1.165, 1.54) is 11.3 Å². The fraction of sp³-hybridized carbons (Fsp3) is 0.167. The average molecular weight is 435 g/mol. The summed E-state index contributed by atoms with van der Waals surface area (Å²) in [5.41, 5.74) is 1.58. The Morgan fingerprint density at radius 3 is 2.69 bits per heavy atom. The molecule has 2 aromatic carbocycles. The second kappa shape index (κ2) is 8.29. The zero-order valence-corrected chi connectivity index (χ0v) is 16.2. The number of nitrogens with zero attached hydrogens (tertiary/aromatic N) is 1. The second-order valence-corrected chi connectivity index (χ2v) is 7.31. The first-order chi connectivity index (χ1) is 12.5. The van der Waals surface area contributed by atoms with Crippen LogP contribution in [0.4, 0.5) is 5.13 Å². The number of aromatic nitrogens is 1. The van der Waals surface area contributed by atoms with Gasteiger partial charge in [0.25, 0.3) is 5.91 Å². The first kappa shape index (κ1) is 18.3. The molecule has 8 heteroatoms. The number of esters is 1. The summed E-state index contributed by atoms with van der Waals surface area (Å²) in [5.74, 6) is -0.169. The number of fused-ring (bicyclic) bond motifs is 1. The van der Waals surface area contributed by atoms with E-state index in [0.29, 0.717) is 5.13 Å². The standard InChI is InChI=1S/C18H15BrN2O4S/c1-24-13-6-7-14-15(9-13)26-18(20-14)21-16(22)10-25-17(23)8-11-2-4-12(19)5-3-11/h2-7,9H,8,10H2,1H3,(H,20,21,22). The van der Waals surface area contributed by atoms with E-state index in [2.05, 4.69) is 26.2 Å². The quantitative estimate of drug-likeness (QED) is 0.597. The van der Waals surface area contributed by atoms with E-state index in [0.717, 1.165) is 26.0 Å². The summed E-state index contributed by atoms with van der Waals surface area (Å²) in [6.45, 7) is -0.353. The van der Waals surface area contributed by atoms with Gasteiger partial charge in [-0.3, -0.25) is 14.9 Å². The van der Waals surface area contributed by atoms with Crippen molar-refractivity contribution in [3.05, 3.63) is 52.5 Å². The van der Waals surface area contributed by atoms with Crippen molar-refractivity contribution >= 4 is 54.5 Å². The topological polar surface area (TPSA) is 77.5 Å². The molecule has 0 bridgehead atoms. The number of hydrogen-bond donors (Lipinski definition) is 1. The Labute approximate surface area is 162 Å². The molecule has 0 aliphatic rings. The summed E-state index contributed by atoms with van der Waals surface area (Å²) >= 11 is 4.66. The molecule has 1 amide bonds. The van der Waals surface area contributed by atoms with Gasteiger partial charge in [-0.05, 0) is 35.9 Å². The fourth-order valence-corrected chi connectivity index (χ4v) is 3.38. The first-order valence-electron chi connectivity index (χ1n) is 7.68. The largest absolute Gasteiger partial charge is 0.497 e. The van der Waals surface area contributed by atoms with Gasteiger partial charge < -0.3 is 9.47 Å². The van der Waals surface area contributed by atoms with E-state index in [1.54, 1.807) is 13.2 Å². The lowest BCUT2D eigenvalue weighted by atomic mass is 10.2. The molecule has 0 aliphatic heterocycles. The minimum atomic E-state index is -0.462. The van der Waals surface area contributed by atoms with Crippen molar-refractivity contribution in [3.63, 3.8) is 0 Å². The van der Waals surface area contributed by atoms with Crippen LogP contribution in [-0.2, 0) is 20.7 Å². The molecular formula is C18H15BrN2O4S. The number of carbonyl (C=O) groups excluding carboxylic acids is 2. The molecule has 1 N–H and O–H groups in total. The van der Waals surface area contributed by atoms with Gasteiger partial charge in [0.2, 0.25) is 0 Å². The van der Waals surface area contributed by atoms with Crippen LogP contribution in [-0.4, -0.2) is 30.6 Å². The number of benzene rings is 2. The summed E-state index contributed by atoms with van der Waals surface area (Å²) in [6, 6.07) is 12.8. The predicted molar refractivity (Wildman–Crippen MR) is 104 cm³/mol. The van der Waals surface area contributed by atoms with Gasteiger partial charge >= 0.3 is 5.97 Å². The molecule has 0 spiro atoms. The molecule has 0 unspecified atom stereocenters. The second-order valence-electron chi connectivity index (χ2n) is 5.36. The number of hydrogen-bond acceptors (Lipinski definition) is 6. The van der Waals surface area contributed by atoms with Crippen LogP contribution in [0.2, 0.25) is 0 Å². The number of amides is 1. The predicted octanol–water partition coefficient (Wildman–Crippen LogP) is 3.79. The number of rotatable bonds is 6. The highest BCUT2D eigenvalue weighted by Gasteiger charge is 2.12. The van der Waals surface area contributed by atoms with E-state index in [9.17, 15) is 9.59 Å². The third-order valence-corrected chi connectivity index (χ3v) is 4.93. The van der Waals surface area contributed by atoms with Crippen LogP contribution >= 0.6 is 27.3 Å². The Kier molecular flexibility index (Phi) is 5.85. The van der Waals surface area contributed by atoms with Gasteiger partial charge in [-0.2, -0.15) is 0 Å². The maximum Gasteiger partial charge on any atom is 0.310 e. The van der Waals surface area contributed by atoms with Crippen LogP contribution in [0.1, 0.15) is 5.56 Å². The fourth-order valence-electron chi connectivity index (χ4n) is 2.21. The number of ether oxygens (including phenoxy) is 2. The van der Waals surface area contributed by atoms with Crippen LogP contribution in [0.25, 0.3) is 10.2 Å². The molecule has 3 aromatic rings. The van der Waals surface area contributed by atoms with Gasteiger partial charge in [0.15, 0.2) is 11.7 Å². The monoisotopic (exact) mass is 434 g/mol. The average Bonchev–Trinajstić information content (AvgIpc) is 3.03. The van der Waals surface area contributed by atoms with Crippen molar-refractivity contribution in [2.75, 3.05) is 19.0 Å². The summed E-state index contributed by atoms with van der Waals surface area (Å²) in [5, 5.41) is 3.09. The van der Waals surface area contributed by atoms with E-state index in [1.807, 2.05) is 36.4 Å². The van der Waals surface area contributed by atoms with Crippen molar-refractivity contribution in [1.82, 2.24) is 4.98 Å². The highest BCUT2D eigenvalue weighted by Crippen LogP contribution is 2.29. The molecule has 0 saturated heterocycles. The molecular weight excluding hydrogens is 420 g/mol. The lowest BCUT2D eigenvalue weighted by Crippen LogP contribution is -2.21. The van der Waals surface area contributed by atoms with Gasteiger partial charge in [-0.1, -0.05) is 39.4 Å². The van der Waals surface area contributed by atoms with Gasteiger partial charge in [0.1, 0.15) is 5.75 Å². The van der Waals surface area contributed by atoms with E-state index in [4.69, 9.17) is 9.47 Å². The summed E-state index contributed by atoms with van der Waals surface area (Å²) in [7, 11) is 1.59. The molecule has 0 aliphatic carbocycles. The molecule has 1 heterocycles. The number of anilines is 1. The Bertz CT molecular complexity index is 940. The maximum atomic E-state index is 12.0. The van der Waals surface area contributed by atoms with Crippen LogP contribution in [0.3, 0.4) is 0 Å². The molecule has 26 heavy (non-hydrogen) atoms. The normalized spacial score (nSPS) is 10.5. The van der Waals surface area contributed by atoms with Gasteiger partial charge in [-0.15, -0.1) is 0 Å². The smallest absolute Gasteiger partial charge is 0.310 e. The zero-order valence-electron chi connectivity index (χ0n) is 13.8. The molecule has 0 atom stereocenters. The van der Waals surface area contributed by atoms with E-state index in [-0.39, 0.29) is 13.0 Å². The van der Waals surface area contributed by atoms with Crippen molar-refractivity contribution in [2.45, 2.75) is 6.42 Å². The molecule has 6 nitrogen and oxygen atoms in total. The highest BCUT2D eigenvalue weighted by atomic mass is 79.9. The first-order valence-corrected chi connectivity index (χ1v) is 9.29. The van der Waals surface area contributed by atoms with E-state index >= 15 is 0 Å². The van der Waals surface area contributed by atoms with Crippen molar-refractivity contribution in [2.24, 2.45) is 0 Å². The van der Waals surface area contributed by atoms with Crippen LogP contribution < -0.4 is 10.1 Å². The summed E-state index contributed by atoms with van der Waals surface area (Å²) in [4.78, 5) is 28.1. The third kappa shape index (κ3) is 4.80. The Morgan fingerprint density at radius 1 is 1.19 bits per heavy atom. The number of methoxy groups -OCH3 is 1. The van der Waals surface area contributed by atoms with Gasteiger partial charge in [-0.25, -0.2) is 4.98 Å². The number of thiazole rings is 1. The van der Waals surface area contributed by atoms with Crippen LogP contribution in [0.5, 0.6) is 5.75 Å². The zero-order chi connectivity index (χ0) is 18.5. The maximum absolute atomic E-state index is 12.0. The van der Waals surface area contributed by atoms with Crippen molar-refractivity contribution in [3.8, 4) is 5.75 Å². The molecule has 3 rings (SSSR count). The SMILES string of the molecule is COc1ccc2nc(NC(=O)COC(=O)Cc3ccc(Br)cc3)sc2c1. The minimum absolute atomic E-state index is 0.113. The Hall–Kier alpha value is -2.45. The lowest BCUT2D eigenvalue weighted by Gasteiger charge is -2.05. The molecule has 0 fully saturated rings. The van der Waals surface area contributed by atoms with Crippen LogP contribution in [0, 0.1) is 0 Å². The number of carbonyl (C=O) groups is 2. The molecule has 0 saturated carbocycles. The van der Waals surface area contributed by atoms with Crippen molar-refractivity contribution < 1.29 is 19.1 Å². The Balaban J connectivity index is 1.52. The molecule has 134 valence electrons. The lowest BCUT2D eigenvalue weighted by molar-refractivity contribution is -0.146. The van der Waals surface area contributed by atoms with E-state index < -0.39 is 11.9 Å². The molecule has 0 radical (unpaired) electrons. The third-order valence-electron chi connectivity index (χ3n) is 3.47. The number of nitrogens with one attached hydrogen (secondary N) is 1. The van der Waals surface area contributed by atoms with Gasteiger partial charge in [0.05, 0.1) is 23.7 Å². The minimum Gasteiger partial charge on any atom is -0.497 e.